The molecule has 0 unspecified atom stereocenters. The highest BCUT2D eigenvalue weighted by atomic mass is 79.9. The summed E-state index contributed by atoms with van der Waals surface area (Å²) >= 11 is 6.87. The molecular formula is C24H32Br2O2. The van der Waals surface area contributed by atoms with E-state index in [-0.39, 0.29) is 0 Å². The number of halogens is 2. The topological polar surface area (TPSA) is 18.5 Å². The van der Waals surface area contributed by atoms with Gasteiger partial charge in [0.05, 0.1) is 13.2 Å². The quantitative estimate of drug-likeness (QED) is 0.223. The van der Waals surface area contributed by atoms with Crippen LogP contribution in [0.3, 0.4) is 0 Å². The van der Waals surface area contributed by atoms with Gasteiger partial charge in [0.1, 0.15) is 11.5 Å². The summed E-state index contributed by atoms with van der Waals surface area (Å²) in [7, 11) is 0. The molecule has 0 spiro atoms. The van der Waals surface area contributed by atoms with Gasteiger partial charge in [-0.2, -0.15) is 0 Å². The minimum atomic E-state index is 0.823. The molecular weight excluding hydrogens is 480 g/mol. The molecule has 4 heteroatoms. The molecule has 0 N–H and O–H groups in total. The number of rotatable bonds is 15. The maximum absolute atomic E-state index is 5.75. The molecule has 0 aliphatic rings. The fourth-order valence-corrected chi connectivity index (χ4v) is 3.59. The molecule has 0 saturated carbocycles. The molecule has 2 nitrogen and oxygen atoms in total. The summed E-state index contributed by atoms with van der Waals surface area (Å²) in [5.74, 6) is 1.93. The lowest BCUT2D eigenvalue weighted by atomic mass is 10.1. The summed E-state index contributed by atoms with van der Waals surface area (Å²) in [6.07, 6.45) is 12.9. The van der Waals surface area contributed by atoms with Crippen LogP contribution in [0.25, 0.3) is 0 Å². The molecule has 0 atom stereocenters. The van der Waals surface area contributed by atoms with Gasteiger partial charge in [0.2, 0.25) is 0 Å². The van der Waals surface area contributed by atoms with Gasteiger partial charge in [0.15, 0.2) is 0 Å². The first kappa shape index (κ1) is 23.3. The number of hydrogen-bond acceptors (Lipinski definition) is 2. The molecule has 0 heterocycles. The van der Waals surface area contributed by atoms with Crippen LogP contribution in [0.2, 0.25) is 0 Å². The summed E-state index contributed by atoms with van der Waals surface area (Å²) in [5.41, 5.74) is 0. The zero-order chi connectivity index (χ0) is 19.9. The third-order valence-corrected chi connectivity index (χ3v) is 5.76. The van der Waals surface area contributed by atoms with Crippen LogP contribution in [0.5, 0.6) is 11.5 Å². The van der Waals surface area contributed by atoms with E-state index < -0.39 is 0 Å². The normalized spacial score (nSPS) is 10.8. The number of unbranched alkanes of at least 4 members (excludes halogenated alkanes) is 9. The number of hydrogen-bond donors (Lipinski definition) is 0. The average Bonchev–Trinajstić information content (AvgIpc) is 2.71. The summed E-state index contributed by atoms with van der Waals surface area (Å²) in [6, 6.07) is 16.1. The van der Waals surface area contributed by atoms with E-state index in [1.54, 1.807) is 0 Å². The first-order valence-electron chi connectivity index (χ1n) is 10.5. The maximum atomic E-state index is 5.75. The molecule has 0 amide bonds. The van der Waals surface area contributed by atoms with Crippen molar-refractivity contribution in [1.82, 2.24) is 0 Å². The van der Waals surface area contributed by atoms with Crippen LogP contribution >= 0.6 is 31.9 Å². The zero-order valence-corrected chi connectivity index (χ0v) is 19.8. The Balaban J connectivity index is 1.30. The molecule has 0 saturated heterocycles. The van der Waals surface area contributed by atoms with Crippen LogP contribution in [0, 0.1) is 0 Å². The Labute approximate surface area is 187 Å². The SMILES string of the molecule is Brc1ccc(OCCCCCCCCCCCCOc2ccc(Br)cc2)cc1. The Kier molecular flexibility index (Phi) is 12.4. The van der Waals surface area contributed by atoms with Crippen molar-refractivity contribution in [3.63, 3.8) is 0 Å². The maximum Gasteiger partial charge on any atom is 0.119 e. The highest BCUT2D eigenvalue weighted by molar-refractivity contribution is 9.10. The lowest BCUT2D eigenvalue weighted by molar-refractivity contribution is 0.303. The van der Waals surface area contributed by atoms with Crippen LogP contribution in [-0.2, 0) is 0 Å². The van der Waals surface area contributed by atoms with Gasteiger partial charge in [-0.3, -0.25) is 0 Å². The fraction of sp³-hybridized carbons (Fsp3) is 0.500. The van der Waals surface area contributed by atoms with Crippen molar-refractivity contribution in [2.45, 2.75) is 64.2 Å². The van der Waals surface area contributed by atoms with E-state index in [2.05, 4.69) is 31.9 Å². The van der Waals surface area contributed by atoms with Crippen molar-refractivity contribution in [2.24, 2.45) is 0 Å². The van der Waals surface area contributed by atoms with Crippen LogP contribution in [0.4, 0.5) is 0 Å². The number of ether oxygens (including phenoxy) is 2. The molecule has 2 aromatic carbocycles. The van der Waals surface area contributed by atoms with Gasteiger partial charge in [0.25, 0.3) is 0 Å². The van der Waals surface area contributed by atoms with Crippen LogP contribution in [-0.4, -0.2) is 13.2 Å². The Morgan fingerprint density at radius 3 is 1.04 bits per heavy atom. The van der Waals surface area contributed by atoms with Gasteiger partial charge in [-0.15, -0.1) is 0 Å². The van der Waals surface area contributed by atoms with Crippen LogP contribution in [0.15, 0.2) is 57.5 Å². The largest absolute Gasteiger partial charge is 0.494 e. The van der Waals surface area contributed by atoms with Crippen molar-refractivity contribution in [1.29, 1.82) is 0 Å². The van der Waals surface area contributed by atoms with Crippen molar-refractivity contribution in [3.05, 3.63) is 57.5 Å². The van der Waals surface area contributed by atoms with Gasteiger partial charge in [-0.1, -0.05) is 83.2 Å². The van der Waals surface area contributed by atoms with Crippen LogP contribution < -0.4 is 9.47 Å². The Morgan fingerprint density at radius 2 is 0.714 bits per heavy atom. The van der Waals surface area contributed by atoms with Crippen molar-refractivity contribution in [3.8, 4) is 11.5 Å². The van der Waals surface area contributed by atoms with Gasteiger partial charge in [0, 0.05) is 8.95 Å². The third-order valence-electron chi connectivity index (χ3n) is 4.70. The predicted molar refractivity (Wildman–Crippen MR) is 125 cm³/mol. The van der Waals surface area contributed by atoms with E-state index in [1.165, 1.54) is 51.4 Å². The van der Waals surface area contributed by atoms with Crippen molar-refractivity contribution < 1.29 is 9.47 Å². The molecule has 28 heavy (non-hydrogen) atoms. The Morgan fingerprint density at radius 1 is 0.429 bits per heavy atom. The van der Waals surface area contributed by atoms with Crippen LogP contribution in [0.1, 0.15) is 64.2 Å². The zero-order valence-electron chi connectivity index (χ0n) is 16.7. The minimum absolute atomic E-state index is 0.823. The second kappa shape index (κ2) is 14.9. The molecule has 2 aromatic rings. The standard InChI is InChI=1S/C24H32Br2O2/c25-21-11-15-23(16-12-21)27-19-9-7-5-3-1-2-4-6-8-10-20-28-24-17-13-22(26)14-18-24/h11-18H,1-10,19-20H2. The van der Waals surface area contributed by atoms with Gasteiger partial charge in [-0.25, -0.2) is 0 Å². The molecule has 0 aromatic heterocycles. The number of benzene rings is 2. The fourth-order valence-electron chi connectivity index (χ4n) is 3.06. The predicted octanol–water partition coefficient (Wildman–Crippen LogP) is 8.57. The Bertz CT molecular complexity index is 569. The molecule has 2 rings (SSSR count). The highest BCUT2D eigenvalue weighted by Crippen LogP contribution is 2.18. The molecule has 0 aliphatic heterocycles. The lowest BCUT2D eigenvalue weighted by Crippen LogP contribution is -1.97. The first-order valence-corrected chi connectivity index (χ1v) is 12.1. The minimum Gasteiger partial charge on any atom is -0.494 e. The van der Waals surface area contributed by atoms with Crippen molar-refractivity contribution >= 4 is 31.9 Å². The summed E-state index contributed by atoms with van der Waals surface area (Å²) in [6.45, 7) is 1.65. The molecule has 0 fully saturated rings. The van der Waals surface area contributed by atoms with Gasteiger partial charge >= 0.3 is 0 Å². The van der Waals surface area contributed by atoms with E-state index in [0.717, 1.165) is 46.5 Å². The second-order valence-corrected chi connectivity index (χ2v) is 8.97. The van der Waals surface area contributed by atoms with Crippen molar-refractivity contribution in [2.75, 3.05) is 13.2 Å². The van der Waals surface area contributed by atoms with E-state index in [1.807, 2.05) is 48.5 Å². The molecule has 0 bridgehead atoms. The highest BCUT2D eigenvalue weighted by Gasteiger charge is 1.97. The lowest BCUT2D eigenvalue weighted by Gasteiger charge is -2.07. The average molecular weight is 512 g/mol. The summed E-state index contributed by atoms with van der Waals surface area (Å²) < 4.78 is 13.7. The third kappa shape index (κ3) is 11.1. The first-order chi connectivity index (χ1) is 13.7. The Hall–Kier alpha value is -1.00. The smallest absolute Gasteiger partial charge is 0.119 e. The van der Waals surface area contributed by atoms with E-state index in [4.69, 9.17) is 9.47 Å². The van der Waals surface area contributed by atoms with E-state index >= 15 is 0 Å². The molecule has 0 radical (unpaired) electrons. The van der Waals surface area contributed by atoms with E-state index in [0.29, 0.717) is 0 Å². The van der Waals surface area contributed by atoms with E-state index in [9.17, 15) is 0 Å². The molecule has 0 aliphatic carbocycles. The monoisotopic (exact) mass is 510 g/mol. The van der Waals surface area contributed by atoms with Gasteiger partial charge in [-0.05, 0) is 61.4 Å². The molecule has 154 valence electrons. The summed E-state index contributed by atoms with van der Waals surface area (Å²) in [5, 5.41) is 0. The second-order valence-electron chi connectivity index (χ2n) is 7.14. The van der Waals surface area contributed by atoms with Gasteiger partial charge < -0.3 is 9.47 Å². The summed E-state index contributed by atoms with van der Waals surface area (Å²) in [4.78, 5) is 0.